The van der Waals surface area contributed by atoms with E-state index in [1.165, 1.54) is 0 Å². The Morgan fingerprint density at radius 2 is 1.74 bits per heavy atom. The highest BCUT2D eigenvalue weighted by Crippen LogP contribution is 2.21. The monoisotopic (exact) mass is 443 g/mol. The number of carbonyl (C=O) groups is 2. The predicted octanol–water partition coefficient (Wildman–Crippen LogP) is 3.04. The lowest BCUT2D eigenvalue weighted by Gasteiger charge is -2.31. The first kappa shape index (κ1) is 22.8. The summed E-state index contributed by atoms with van der Waals surface area (Å²) in [5.41, 5.74) is 1.95. The van der Waals surface area contributed by atoms with Crippen LogP contribution in [0.4, 0.5) is 5.69 Å². The van der Waals surface area contributed by atoms with Crippen molar-refractivity contribution in [3.05, 3.63) is 59.7 Å². The molecule has 0 aliphatic carbocycles. The maximum Gasteiger partial charge on any atom is 0.261 e. The lowest BCUT2D eigenvalue weighted by molar-refractivity contribution is -0.125. The molecule has 0 radical (unpaired) electrons. The maximum absolute atomic E-state index is 12.8. The Kier molecular flexibility index (Phi) is 7.33. The van der Waals surface area contributed by atoms with Gasteiger partial charge in [-0.15, -0.1) is 0 Å². The fourth-order valence-corrected chi connectivity index (χ4v) is 4.84. The van der Waals surface area contributed by atoms with Gasteiger partial charge >= 0.3 is 0 Å². The Morgan fingerprint density at radius 1 is 1.06 bits per heavy atom. The van der Waals surface area contributed by atoms with E-state index in [0.717, 1.165) is 31.2 Å². The molecule has 0 saturated carbocycles. The van der Waals surface area contributed by atoms with Gasteiger partial charge in [-0.05, 0) is 61.2 Å². The van der Waals surface area contributed by atoms with Gasteiger partial charge in [0.1, 0.15) is 0 Å². The molecular weight excluding hydrogens is 414 g/mol. The molecule has 7 nitrogen and oxygen atoms in total. The number of piperidine rings is 1. The van der Waals surface area contributed by atoms with Crippen LogP contribution in [0.25, 0.3) is 0 Å². The minimum Gasteiger partial charge on any atom is -0.359 e. The number of nitrogens with one attached hydrogen (secondary N) is 2. The van der Waals surface area contributed by atoms with Gasteiger partial charge < -0.3 is 10.2 Å². The third-order valence-corrected chi connectivity index (χ3v) is 6.88. The van der Waals surface area contributed by atoms with Crippen molar-refractivity contribution in [3.63, 3.8) is 0 Å². The van der Waals surface area contributed by atoms with Crippen molar-refractivity contribution in [2.24, 2.45) is 5.92 Å². The SMILES string of the molecule is CCCc1ccc(S(=O)(=O)Nc2ccc(C(=O)N3CCC[C@@H](C(=O)NC)C3)cc2)cc1. The summed E-state index contributed by atoms with van der Waals surface area (Å²) in [6.45, 7) is 3.07. The van der Waals surface area contributed by atoms with Gasteiger partial charge in [-0.3, -0.25) is 14.3 Å². The second-order valence-electron chi connectivity index (χ2n) is 7.78. The number of anilines is 1. The smallest absolute Gasteiger partial charge is 0.261 e. The van der Waals surface area contributed by atoms with Gasteiger partial charge in [-0.25, -0.2) is 8.42 Å². The van der Waals surface area contributed by atoms with Gasteiger partial charge in [0.05, 0.1) is 10.8 Å². The standard InChI is InChI=1S/C23H29N3O4S/c1-3-5-17-7-13-21(14-8-17)31(29,30)25-20-11-9-18(10-12-20)23(28)26-15-4-6-19(16-26)22(27)24-2/h7-14,19,25H,3-6,15-16H2,1-2H3,(H,24,27)/t19-/m1/s1. The predicted molar refractivity (Wildman–Crippen MR) is 120 cm³/mol. The average molecular weight is 444 g/mol. The van der Waals surface area contributed by atoms with Crippen molar-refractivity contribution in [1.29, 1.82) is 0 Å². The van der Waals surface area contributed by atoms with E-state index >= 15 is 0 Å². The summed E-state index contributed by atoms with van der Waals surface area (Å²) in [7, 11) is -2.11. The van der Waals surface area contributed by atoms with Crippen molar-refractivity contribution >= 4 is 27.5 Å². The second-order valence-corrected chi connectivity index (χ2v) is 9.46. The number of hydrogen-bond acceptors (Lipinski definition) is 4. The molecule has 0 bridgehead atoms. The van der Waals surface area contributed by atoms with E-state index < -0.39 is 10.0 Å². The number of carbonyl (C=O) groups excluding carboxylic acids is 2. The summed E-state index contributed by atoms with van der Waals surface area (Å²) in [6.07, 6.45) is 3.45. The van der Waals surface area contributed by atoms with Crippen molar-refractivity contribution in [2.45, 2.75) is 37.5 Å². The van der Waals surface area contributed by atoms with Crippen LogP contribution >= 0.6 is 0 Å². The molecule has 1 aliphatic rings. The van der Waals surface area contributed by atoms with Crippen LogP contribution in [0.15, 0.2) is 53.4 Å². The number of aryl methyl sites for hydroxylation is 1. The summed E-state index contributed by atoms with van der Waals surface area (Å²) in [4.78, 5) is 26.6. The molecule has 1 heterocycles. The van der Waals surface area contributed by atoms with Crippen LogP contribution in [0.1, 0.15) is 42.1 Å². The zero-order valence-electron chi connectivity index (χ0n) is 17.9. The zero-order chi connectivity index (χ0) is 22.4. The topological polar surface area (TPSA) is 95.6 Å². The first-order valence-corrected chi connectivity index (χ1v) is 12.0. The Labute approximate surface area is 183 Å². The molecule has 166 valence electrons. The van der Waals surface area contributed by atoms with Crippen LogP contribution in [-0.4, -0.2) is 45.3 Å². The highest BCUT2D eigenvalue weighted by Gasteiger charge is 2.28. The highest BCUT2D eigenvalue weighted by atomic mass is 32.2. The van der Waals surface area contributed by atoms with Gasteiger partial charge in [0.25, 0.3) is 15.9 Å². The number of sulfonamides is 1. The summed E-state index contributed by atoms with van der Waals surface area (Å²) < 4.78 is 27.8. The molecule has 0 aromatic heterocycles. The molecule has 2 N–H and O–H groups in total. The molecule has 0 unspecified atom stereocenters. The fourth-order valence-electron chi connectivity index (χ4n) is 3.78. The first-order chi connectivity index (χ1) is 14.8. The molecule has 1 fully saturated rings. The van der Waals surface area contributed by atoms with Crippen molar-refractivity contribution in [2.75, 3.05) is 24.9 Å². The van der Waals surface area contributed by atoms with Crippen molar-refractivity contribution in [1.82, 2.24) is 10.2 Å². The molecule has 0 spiro atoms. The van der Waals surface area contributed by atoms with E-state index in [1.807, 2.05) is 12.1 Å². The Morgan fingerprint density at radius 3 is 2.35 bits per heavy atom. The third kappa shape index (κ3) is 5.64. The minimum atomic E-state index is -3.71. The van der Waals surface area contributed by atoms with Gasteiger partial charge in [-0.1, -0.05) is 25.5 Å². The minimum absolute atomic E-state index is 0.0509. The van der Waals surface area contributed by atoms with E-state index in [4.69, 9.17) is 0 Å². The van der Waals surface area contributed by atoms with Crippen LogP contribution < -0.4 is 10.0 Å². The molecule has 1 saturated heterocycles. The normalized spacial score (nSPS) is 16.6. The molecule has 31 heavy (non-hydrogen) atoms. The Bertz CT molecular complexity index is 1020. The number of benzene rings is 2. The van der Waals surface area contributed by atoms with Crippen LogP contribution in [0, 0.1) is 5.92 Å². The largest absolute Gasteiger partial charge is 0.359 e. The number of amides is 2. The van der Waals surface area contributed by atoms with E-state index in [9.17, 15) is 18.0 Å². The maximum atomic E-state index is 12.8. The third-order valence-electron chi connectivity index (χ3n) is 5.48. The van der Waals surface area contributed by atoms with Gasteiger partial charge in [0.15, 0.2) is 0 Å². The molecular formula is C23H29N3O4S. The molecule has 3 rings (SSSR count). The fraction of sp³-hybridized carbons (Fsp3) is 0.391. The highest BCUT2D eigenvalue weighted by molar-refractivity contribution is 7.92. The van der Waals surface area contributed by atoms with E-state index in [0.29, 0.717) is 24.3 Å². The Balaban J connectivity index is 1.66. The summed E-state index contributed by atoms with van der Waals surface area (Å²) in [6, 6.07) is 13.2. The van der Waals surface area contributed by atoms with E-state index in [-0.39, 0.29) is 22.6 Å². The van der Waals surface area contributed by atoms with Crippen LogP contribution in [0.3, 0.4) is 0 Å². The average Bonchev–Trinajstić information content (AvgIpc) is 2.79. The number of nitrogens with zero attached hydrogens (tertiary/aromatic N) is 1. The lowest BCUT2D eigenvalue weighted by atomic mass is 9.96. The first-order valence-electron chi connectivity index (χ1n) is 10.6. The van der Waals surface area contributed by atoms with Crippen LogP contribution in [0.2, 0.25) is 0 Å². The molecule has 1 aliphatic heterocycles. The van der Waals surface area contributed by atoms with Gasteiger partial charge in [-0.2, -0.15) is 0 Å². The van der Waals surface area contributed by atoms with Crippen molar-refractivity contribution in [3.8, 4) is 0 Å². The molecule has 2 amide bonds. The number of hydrogen-bond donors (Lipinski definition) is 2. The number of rotatable bonds is 7. The van der Waals surface area contributed by atoms with Gasteiger partial charge in [0.2, 0.25) is 5.91 Å². The number of likely N-dealkylation sites (tertiary alicyclic amines) is 1. The lowest BCUT2D eigenvalue weighted by Crippen LogP contribution is -2.44. The van der Waals surface area contributed by atoms with Crippen LogP contribution in [0.5, 0.6) is 0 Å². The quantitative estimate of drug-likeness (QED) is 0.688. The molecule has 2 aromatic carbocycles. The molecule has 8 heteroatoms. The van der Waals surface area contributed by atoms with E-state index in [1.54, 1.807) is 48.3 Å². The molecule has 2 aromatic rings. The summed E-state index contributed by atoms with van der Waals surface area (Å²) in [5, 5.41) is 2.64. The second kappa shape index (κ2) is 9.96. The zero-order valence-corrected chi connectivity index (χ0v) is 18.7. The summed E-state index contributed by atoms with van der Waals surface area (Å²) in [5.74, 6) is -0.406. The summed E-state index contributed by atoms with van der Waals surface area (Å²) >= 11 is 0. The Hall–Kier alpha value is -2.87. The van der Waals surface area contributed by atoms with Crippen LogP contribution in [-0.2, 0) is 21.2 Å². The molecule has 1 atom stereocenters. The van der Waals surface area contributed by atoms with Crippen molar-refractivity contribution < 1.29 is 18.0 Å². The van der Waals surface area contributed by atoms with Gasteiger partial charge in [0, 0.05) is 31.4 Å². The van der Waals surface area contributed by atoms with E-state index in [2.05, 4.69) is 17.0 Å².